The number of ether oxygens (including phenoxy) is 2. The van der Waals surface area contributed by atoms with Gasteiger partial charge in [-0.3, -0.25) is 4.79 Å². The standard InChI is InChI=1S/C17H19NO3/c1-13-7-3-5-9-15(13)21-12-11-18-17(19)14-8-4-6-10-16(14)20-2/h3-10H,11-12H2,1-2H3,(H,18,19). The summed E-state index contributed by atoms with van der Waals surface area (Å²) in [7, 11) is 1.55. The van der Waals surface area contributed by atoms with Crippen LogP contribution >= 0.6 is 0 Å². The number of aryl methyl sites for hydroxylation is 1. The van der Waals surface area contributed by atoms with Crippen molar-refractivity contribution in [2.24, 2.45) is 0 Å². The van der Waals surface area contributed by atoms with Gasteiger partial charge < -0.3 is 14.8 Å². The molecular formula is C17H19NO3. The summed E-state index contributed by atoms with van der Waals surface area (Å²) in [5, 5.41) is 2.82. The lowest BCUT2D eigenvalue weighted by Gasteiger charge is -2.11. The highest BCUT2D eigenvalue weighted by molar-refractivity contribution is 5.96. The molecule has 1 amide bonds. The molecule has 2 aromatic rings. The molecule has 21 heavy (non-hydrogen) atoms. The van der Waals surface area contributed by atoms with Gasteiger partial charge in [0.2, 0.25) is 0 Å². The second kappa shape index (κ2) is 7.33. The van der Waals surface area contributed by atoms with Crippen LogP contribution in [0.2, 0.25) is 0 Å². The van der Waals surface area contributed by atoms with Gasteiger partial charge in [0.25, 0.3) is 5.91 Å². The summed E-state index contributed by atoms with van der Waals surface area (Å²) in [6, 6.07) is 14.9. The van der Waals surface area contributed by atoms with E-state index >= 15 is 0 Å². The van der Waals surface area contributed by atoms with Crippen LogP contribution in [0.4, 0.5) is 0 Å². The van der Waals surface area contributed by atoms with Gasteiger partial charge in [-0.05, 0) is 30.7 Å². The van der Waals surface area contributed by atoms with Crippen LogP contribution in [-0.4, -0.2) is 26.2 Å². The third kappa shape index (κ3) is 3.99. The quantitative estimate of drug-likeness (QED) is 0.830. The Morgan fingerprint density at radius 2 is 1.71 bits per heavy atom. The zero-order valence-electron chi connectivity index (χ0n) is 12.3. The molecular weight excluding hydrogens is 266 g/mol. The van der Waals surface area contributed by atoms with Crippen molar-refractivity contribution in [1.29, 1.82) is 0 Å². The van der Waals surface area contributed by atoms with Gasteiger partial charge in [-0.25, -0.2) is 0 Å². The van der Waals surface area contributed by atoms with Crippen molar-refractivity contribution >= 4 is 5.91 Å². The molecule has 4 nitrogen and oxygen atoms in total. The highest BCUT2D eigenvalue weighted by Gasteiger charge is 2.10. The van der Waals surface area contributed by atoms with Crippen LogP contribution in [0.15, 0.2) is 48.5 Å². The summed E-state index contributed by atoms with van der Waals surface area (Å²) in [6.07, 6.45) is 0. The van der Waals surface area contributed by atoms with E-state index in [9.17, 15) is 4.79 Å². The molecule has 0 bridgehead atoms. The number of amides is 1. The van der Waals surface area contributed by atoms with Crippen molar-refractivity contribution in [3.8, 4) is 11.5 Å². The summed E-state index contributed by atoms with van der Waals surface area (Å²) in [5.74, 6) is 1.24. The zero-order valence-corrected chi connectivity index (χ0v) is 12.3. The first kappa shape index (κ1) is 14.9. The molecule has 0 aliphatic rings. The molecule has 0 spiro atoms. The lowest BCUT2D eigenvalue weighted by Crippen LogP contribution is -2.28. The molecule has 0 fully saturated rings. The molecule has 0 saturated carbocycles. The number of methoxy groups -OCH3 is 1. The maximum atomic E-state index is 12.1. The van der Waals surface area contributed by atoms with Crippen LogP contribution in [-0.2, 0) is 0 Å². The van der Waals surface area contributed by atoms with Crippen molar-refractivity contribution in [2.45, 2.75) is 6.92 Å². The van der Waals surface area contributed by atoms with Crippen LogP contribution < -0.4 is 14.8 Å². The molecule has 0 aliphatic carbocycles. The summed E-state index contributed by atoms with van der Waals surface area (Å²) in [4.78, 5) is 12.1. The summed E-state index contributed by atoms with van der Waals surface area (Å²) in [6.45, 7) is 2.85. The number of hydrogen-bond acceptors (Lipinski definition) is 3. The van der Waals surface area contributed by atoms with Crippen LogP contribution in [0.25, 0.3) is 0 Å². The minimum Gasteiger partial charge on any atom is -0.496 e. The van der Waals surface area contributed by atoms with E-state index in [4.69, 9.17) is 9.47 Å². The number of rotatable bonds is 6. The molecule has 2 aromatic carbocycles. The van der Waals surface area contributed by atoms with E-state index in [1.807, 2.05) is 37.3 Å². The third-order valence-electron chi connectivity index (χ3n) is 3.09. The fourth-order valence-corrected chi connectivity index (χ4v) is 1.97. The molecule has 0 saturated heterocycles. The Kier molecular flexibility index (Phi) is 5.21. The zero-order chi connectivity index (χ0) is 15.1. The third-order valence-corrected chi connectivity index (χ3v) is 3.09. The maximum Gasteiger partial charge on any atom is 0.255 e. The Labute approximate surface area is 124 Å². The Hall–Kier alpha value is -2.49. The van der Waals surface area contributed by atoms with Gasteiger partial charge in [0, 0.05) is 0 Å². The van der Waals surface area contributed by atoms with Crippen LogP contribution in [0.5, 0.6) is 11.5 Å². The van der Waals surface area contributed by atoms with E-state index in [1.54, 1.807) is 25.3 Å². The molecule has 0 aliphatic heterocycles. The van der Waals surface area contributed by atoms with Gasteiger partial charge >= 0.3 is 0 Å². The lowest BCUT2D eigenvalue weighted by molar-refractivity contribution is 0.0944. The van der Waals surface area contributed by atoms with Gasteiger partial charge in [-0.2, -0.15) is 0 Å². The fraction of sp³-hybridized carbons (Fsp3) is 0.235. The maximum absolute atomic E-state index is 12.1. The predicted molar refractivity (Wildman–Crippen MR) is 82.0 cm³/mol. The average Bonchev–Trinajstić information content (AvgIpc) is 2.52. The first-order valence-electron chi connectivity index (χ1n) is 6.82. The summed E-state index contributed by atoms with van der Waals surface area (Å²) >= 11 is 0. The van der Waals surface area contributed by atoms with E-state index in [0.717, 1.165) is 11.3 Å². The SMILES string of the molecule is COc1ccccc1C(=O)NCCOc1ccccc1C. The van der Waals surface area contributed by atoms with E-state index in [-0.39, 0.29) is 5.91 Å². The van der Waals surface area contributed by atoms with E-state index in [2.05, 4.69) is 5.32 Å². The van der Waals surface area contributed by atoms with Gasteiger partial charge in [0.15, 0.2) is 0 Å². The van der Waals surface area contributed by atoms with Crippen LogP contribution in [0, 0.1) is 6.92 Å². The molecule has 1 N–H and O–H groups in total. The predicted octanol–water partition coefficient (Wildman–Crippen LogP) is 2.81. The number of para-hydroxylation sites is 2. The topological polar surface area (TPSA) is 47.6 Å². The van der Waals surface area contributed by atoms with Crippen molar-refractivity contribution < 1.29 is 14.3 Å². The van der Waals surface area contributed by atoms with E-state index in [1.165, 1.54) is 0 Å². The number of carbonyl (C=O) groups is 1. The number of hydrogen-bond donors (Lipinski definition) is 1. The Morgan fingerprint density at radius 3 is 2.43 bits per heavy atom. The average molecular weight is 285 g/mol. The Morgan fingerprint density at radius 1 is 1.05 bits per heavy atom. The van der Waals surface area contributed by atoms with Gasteiger partial charge in [0.05, 0.1) is 19.2 Å². The normalized spacial score (nSPS) is 10.0. The number of nitrogens with one attached hydrogen (secondary N) is 1. The van der Waals surface area contributed by atoms with Crippen molar-refractivity contribution in [1.82, 2.24) is 5.32 Å². The van der Waals surface area contributed by atoms with Gasteiger partial charge in [-0.1, -0.05) is 30.3 Å². The summed E-state index contributed by atoms with van der Waals surface area (Å²) < 4.78 is 10.8. The molecule has 110 valence electrons. The highest BCUT2D eigenvalue weighted by atomic mass is 16.5. The lowest BCUT2D eigenvalue weighted by atomic mass is 10.2. The Balaban J connectivity index is 1.83. The first-order valence-corrected chi connectivity index (χ1v) is 6.82. The van der Waals surface area contributed by atoms with Crippen molar-refractivity contribution in [3.05, 3.63) is 59.7 Å². The molecule has 2 rings (SSSR count). The number of carbonyl (C=O) groups excluding carboxylic acids is 1. The minimum atomic E-state index is -0.166. The minimum absolute atomic E-state index is 0.166. The fourth-order valence-electron chi connectivity index (χ4n) is 1.97. The van der Waals surface area contributed by atoms with Crippen molar-refractivity contribution in [3.63, 3.8) is 0 Å². The highest BCUT2D eigenvalue weighted by Crippen LogP contribution is 2.17. The van der Waals surface area contributed by atoms with Crippen molar-refractivity contribution in [2.75, 3.05) is 20.3 Å². The monoisotopic (exact) mass is 285 g/mol. The van der Waals surface area contributed by atoms with Gasteiger partial charge in [0.1, 0.15) is 18.1 Å². The van der Waals surface area contributed by atoms with Crippen LogP contribution in [0.1, 0.15) is 15.9 Å². The second-order valence-corrected chi connectivity index (χ2v) is 4.57. The molecule has 0 radical (unpaired) electrons. The Bertz CT molecular complexity index is 610. The second-order valence-electron chi connectivity index (χ2n) is 4.57. The van der Waals surface area contributed by atoms with E-state index in [0.29, 0.717) is 24.5 Å². The smallest absolute Gasteiger partial charge is 0.255 e. The molecule has 0 aromatic heterocycles. The van der Waals surface area contributed by atoms with Crippen LogP contribution in [0.3, 0.4) is 0 Å². The molecule has 4 heteroatoms. The summed E-state index contributed by atoms with van der Waals surface area (Å²) in [5.41, 5.74) is 1.60. The molecule has 0 atom stereocenters. The van der Waals surface area contributed by atoms with Gasteiger partial charge in [-0.15, -0.1) is 0 Å². The molecule has 0 heterocycles. The molecule has 0 unspecified atom stereocenters. The number of benzene rings is 2. The van der Waals surface area contributed by atoms with E-state index < -0.39 is 0 Å². The largest absolute Gasteiger partial charge is 0.496 e. The first-order chi connectivity index (χ1) is 10.2.